The molecule has 0 amide bonds. The van der Waals surface area contributed by atoms with Gasteiger partial charge in [0.05, 0.1) is 0 Å². The van der Waals surface area contributed by atoms with E-state index in [4.69, 9.17) is 0 Å². The van der Waals surface area contributed by atoms with Gasteiger partial charge in [-0.2, -0.15) is 0 Å². The molecule has 0 aliphatic heterocycles. The van der Waals surface area contributed by atoms with Crippen molar-refractivity contribution in [3.8, 4) is 0 Å². The van der Waals surface area contributed by atoms with E-state index in [1.165, 1.54) is 91.0 Å². The quantitative estimate of drug-likeness (QED) is 0.0960. The van der Waals surface area contributed by atoms with Crippen molar-refractivity contribution in [3.05, 3.63) is 121 Å². The van der Waals surface area contributed by atoms with Crippen LogP contribution in [-0.2, 0) is 6.42 Å². The predicted octanol–water partition coefficient (Wildman–Crippen LogP) is 9.62. The Labute approximate surface area is 239 Å². The van der Waals surface area contributed by atoms with Crippen LogP contribution >= 0.6 is 20.8 Å². The topological polar surface area (TPSA) is 0 Å². The summed E-state index contributed by atoms with van der Waals surface area (Å²) >= 11 is 4.59. The number of rotatable bonds is 15. The van der Waals surface area contributed by atoms with Crippen LogP contribution in [0.2, 0.25) is 0 Å². The second-order valence-corrected chi connectivity index (χ2v) is 19.0. The number of unbranched alkanes of at least 4 members (excludes halogenated alkanes) is 9. The Morgan fingerprint density at radius 1 is 0.421 bits per heavy atom. The summed E-state index contributed by atoms with van der Waals surface area (Å²) in [5, 5.41) is 2.25. The van der Waals surface area contributed by atoms with Crippen molar-refractivity contribution in [3.63, 3.8) is 0 Å². The van der Waals surface area contributed by atoms with Gasteiger partial charge in [0.2, 0.25) is 0 Å². The molecule has 0 N–H and O–H groups in total. The first-order valence-corrected chi connectivity index (χ1v) is 18.9. The van der Waals surface area contributed by atoms with Crippen LogP contribution in [0, 0.1) is 0 Å². The number of hydrogen-bond donors (Lipinski definition) is 0. The fourth-order valence-corrected chi connectivity index (χ4v) is 13.3. The Hall–Kier alpha value is -2.21. The molecule has 0 aliphatic carbocycles. The van der Waals surface area contributed by atoms with Crippen LogP contribution in [0.15, 0.2) is 115 Å². The molecule has 0 fully saturated rings. The Kier molecular flexibility index (Phi) is 10.8. The van der Waals surface area contributed by atoms with Gasteiger partial charge in [-0.1, -0.05) is 26.2 Å². The van der Waals surface area contributed by atoms with Crippen molar-refractivity contribution in [2.45, 2.75) is 77.6 Å². The van der Waals surface area contributed by atoms with E-state index in [0.29, 0.717) is 0 Å². The van der Waals surface area contributed by atoms with Crippen molar-refractivity contribution in [1.82, 2.24) is 0 Å². The third-order valence-corrected chi connectivity index (χ3v) is 17.9. The minimum absolute atomic E-state index is 1.16. The van der Waals surface area contributed by atoms with Gasteiger partial charge in [-0.3, -0.25) is 0 Å². The van der Waals surface area contributed by atoms with E-state index in [1.54, 1.807) is 0 Å². The molecule has 0 heterocycles. The van der Waals surface area contributed by atoms with Gasteiger partial charge in [0, 0.05) is 0 Å². The van der Waals surface area contributed by atoms with Gasteiger partial charge in [0.1, 0.15) is 0 Å². The Balaban J connectivity index is 1.54. The summed E-state index contributed by atoms with van der Waals surface area (Å²) in [5.74, 6) is 0. The van der Waals surface area contributed by atoms with Gasteiger partial charge < -0.3 is 0 Å². The summed E-state index contributed by atoms with van der Waals surface area (Å²) in [7, 11) is 0. The van der Waals surface area contributed by atoms with Crippen molar-refractivity contribution in [2.75, 3.05) is 0 Å². The summed E-state index contributed by atoms with van der Waals surface area (Å²) in [6.45, 7) is 2.29. The zero-order valence-corrected chi connectivity index (χ0v) is 25.6. The van der Waals surface area contributed by atoms with Crippen LogP contribution in [0.25, 0.3) is 0 Å². The van der Waals surface area contributed by atoms with E-state index in [0.717, 1.165) is 6.42 Å². The van der Waals surface area contributed by atoms with Crippen LogP contribution in [0.5, 0.6) is 0 Å². The van der Waals surface area contributed by atoms with Crippen molar-refractivity contribution in [2.24, 2.45) is 0 Å². The summed E-state index contributed by atoms with van der Waals surface area (Å²) < 4.78 is 0. The molecule has 0 atom stereocenters. The first-order chi connectivity index (χ1) is 18.7. The van der Waals surface area contributed by atoms with E-state index < -0.39 is 5.31 Å². The summed E-state index contributed by atoms with van der Waals surface area (Å²) in [5.41, 5.74) is 1.44. The van der Waals surface area contributed by atoms with E-state index in [9.17, 15) is 0 Å². The molecule has 2 heteroatoms. The molecular weight excluding hydrogens is 543 g/mol. The average molecular weight is 588 g/mol. The summed E-state index contributed by atoms with van der Waals surface area (Å²) in [6, 6.07) is 42.7. The SMILES string of the molecule is CCCCCCCCCCCCc1ccc(P(Br)(c2ccccc2)(c2ccccc2)c2ccccc2)cc1. The van der Waals surface area contributed by atoms with Gasteiger partial charge in [-0.15, -0.1) is 0 Å². The van der Waals surface area contributed by atoms with Crippen LogP contribution in [0.3, 0.4) is 0 Å². The van der Waals surface area contributed by atoms with Gasteiger partial charge in [-0.05, 0) is 0 Å². The second kappa shape index (κ2) is 14.3. The average Bonchev–Trinajstić information content (AvgIpc) is 2.99. The van der Waals surface area contributed by atoms with Crippen molar-refractivity contribution < 1.29 is 0 Å². The molecule has 200 valence electrons. The molecule has 4 aromatic rings. The van der Waals surface area contributed by atoms with Crippen LogP contribution in [0.1, 0.15) is 76.7 Å². The summed E-state index contributed by atoms with van der Waals surface area (Å²) in [4.78, 5) is 0. The monoisotopic (exact) mass is 586 g/mol. The summed E-state index contributed by atoms with van der Waals surface area (Å²) in [6.07, 6.45) is 15.0. The number of hydrogen-bond acceptors (Lipinski definition) is 0. The number of aryl methyl sites for hydroxylation is 1. The standard InChI is InChI=1S/C36H44BrP/c1-2-3-4-5-6-7-8-9-10-14-21-32-28-30-36(31-29-32)38(37,33-22-15-11-16-23-33,34-24-17-12-18-25-34)35-26-19-13-20-27-35/h11-13,15-20,22-31H,2-10,14,21H2,1H3. The van der Waals surface area contributed by atoms with Gasteiger partial charge >= 0.3 is 214 Å². The van der Waals surface area contributed by atoms with E-state index >= 15 is 0 Å². The Morgan fingerprint density at radius 3 is 1.16 bits per heavy atom. The molecule has 0 unspecified atom stereocenters. The molecule has 0 nitrogen and oxygen atoms in total. The fraction of sp³-hybridized carbons (Fsp3) is 0.333. The first kappa shape index (κ1) is 28.8. The molecule has 0 bridgehead atoms. The third-order valence-electron chi connectivity index (χ3n) is 7.96. The van der Waals surface area contributed by atoms with E-state index in [1.807, 2.05) is 0 Å². The molecule has 0 aliphatic rings. The molecular formula is C36H44BrP. The molecule has 4 rings (SSSR count). The van der Waals surface area contributed by atoms with E-state index in [2.05, 4.69) is 138 Å². The fourth-order valence-electron chi connectivity index (χ4n) is 5.78. The normalized spacial score (nSPS) is 12.6. The zero-order chi connectivity index (χ0) is 26.5. The van der Waals surface area contributed by atoms with Gasteiger partial charge in [-0.25, -0.2) is 0 Å². The van der Waals surface area contributed by atoms with E-state index in [-0.39, 0.29) is 0 Å². The Bertz CT molecular complexity index is 1100. The molecule has 0 aromatic heterocycles. The maximum absolute atomic E-state index is 4.59. The molecule has 38 heavy (non-hydrogen) atoms. The zero-order valence-electron chi connectivity index (χ0n) is 23.1. The number of benzene rings is 4. The van der Waals surface area contributed by atoms with Crippen LogP contribution in [-0.4, -0.2) is 0 Å². The predicted molar refractivity (Wildman–Crippen MR) is 176 cm³/mol. The van der Waals surface area contributed by atoms with Crippen LogP contribution in [0.4, 0.5) is 0 Å². The Morgan fingerprint density at radius 2 is 0.763 bits per heavy atom. The molecule has 0 saturated heterocycles. The maximum atomic E-state index is 4.59. The molecule has 4 aromatic carbocycles. The molecule has 0 spiro atoms. The van der Waals surface area contributed by atoms with Gasteiger partial charge in [0.25, 0.3) is 0 Å². The van der Waals surface area contributed by atoms with Crippen molar-refractivity contribution in [1.29, 1.82) is 0 Å². The van der Waals surface area contributed by atoms with Crippen LogP contribution < -0.4 is 21.2 Å². The second-order valence-electron chi connectivity index (χ2n) is 10.6. The first-order valence-electron chi connectivity index (χ1n) is 14.7. The third kappa shape index (κ3) is 6.32. The number of halogens is 1. The minimum atomic E-state index is -3.10. The van der Waals surface area contributed by atoms with Crippen molar-refractivity contribution >= 4 is 42.0 Å². The molecule has 0 radical (unpaired) electrons. The van der Waals surface area contributed by atoms with Gasteiger partial charge in [0.15, 0.2) is 0 Å². The molecule has 0 saturated carbocycles.